The maximum atomic E-state index is 5.75. The van der Waals surface area contributed by atoms with Crippen molar-refractivity contribution in [3.63, 3.8) is 0 Å². The van der Waals surface area contributed by atoms with Gasteiger partial charge in [0, 0.05) is 0 Å². The standard InChI is InChI=1S/C12H20O/c1-3-5-6-8-12-10-7-9-11(4-2)13-12/h2,11-12H,3,5-10H2,1H3. The van der Waals surface area contributed by atoms with Crippen molar-refractivity contribution in [2.24, 2.45) is 0 Å². The van der Waals surface area contributed by atoms with Gasteiger partial charge in [0.25, 0.3) is 0 Å². The van der Waals surface area contributed by atoms with E-state index in [4.69, 9.17) is 11.2 Å². The third-order valence-electron chi connectivity index (χ3n) is 2.66. The van der Waals surface area contributed by atoms with Gasteiger partial charge >= 0.3 is 0 Å². The molecule has 0 spiro atoms. The Bertz CT molecular complexity index is 168. The fraction of sp³-hybridized carbons (Fsp3) is 0.833. The molecular formula is C12H20O. The topological polar surface area (TPSA) is 9.23 Å². The maximum Gasteiger partial charge on any atom is 0.118 e. The van der Waals surface area contributed by atoms with Crippen LogP contribution in [0.1, 0.15) is 51.9 Å². The van der Waals surface area contributed by atoms with E-state index < -0.39 is 0 Å². The smallest absolute Gasteiger partial charge is 0.118 e. The fourth-order valence-corrected chi connectivity index (χ4v) is 1.86. The third kappa shape index (κ3) is 3.83. The lowest BCUT2D eigenvalue weighted by molar-refractivity contribution is -0.0252. The fourth-order valence-electron chi connectivity index (χ4n) is 1.86. The molecule has 0 aliphatic carbocycles. The first-order chi connectivity index (χ1) is 6.36. The Labute approximate surface area is 81.9 Å². The summed E-state index contributed by atoms with van der Waals surface area (Å²) in [5.74, 6) is 2.70. The summed E-state index contributed by atoms with van der Waals surface area (Å²) in [6, 6.07) is 0. The highest BCUT2D eigenvalue weighted by Gasteiger charge is 2.19. The number of terminal acetylenes is 1. The van der Waals surface area contributed by atoms with E-state index in [-0.39, 0.29) is 6.10 Å². The number of rotatable bonds is 4. The molecule has 74 valence electrons. The first kappa shape index (κ1) is 10.6. The van der Waals surface area contributed by atoms with Crippen molar-refractivity contribution in [1.29, 1.82) is 0 Å². The zero-order chi connectivity index (χ0) is 9.52. The Hall–Kier alpha value is -0.480. The number of hydrogen-bond acceptors (Lipinski definition) is 1. The van der Waals surface area contributed by atoms with Gasteiger partial charge in [-0.3, -0.25) is 0 Å². The van der Waals surface area contributed by atoms with E-state index in [1.165, 1.54) is 38.5 Å². The van der Waals surface area contributed by atoms with Crippen LogP contribution in [0.25, 0.3) is 0 Å². The molecule has 1 saturated heterocycles. The van der Waals surface area contributed by atoms with Gasteiger partial charge in [-0.15, -0.1) is 6.42 Å². The molecule has 0 aromatic rings. The van der Waals surface area contributed by atoms with Crippen molar-refractivity contribution in [1.82, 2.24) is 0 Å². The molecule has 0 N–H and O–H groups in total. The molecule has 0 amide bonds. The van der Waals surface area contributed by atoms with Crippen molar-refractivity contribution in [3.8, 4) is 12.3 Å². The molecular weight excluding hydrogens is 160 g/mol. The second-order valence-corrected chi connectivity index (χ2v) is 3.84. The highest BCUT2D eigenvalue weighted by molar-refractivity contribution is 4.96. The van der Waals surface area contributed by atoms with Crippen LogP contribution in [-0.2, 0) is 4.74 Å². The minimum Gasteiger partial charge on any atom is -0.362 e. The van der Waals surface area contributed by atoms with Crippen molar-refractivity contribution in [2.75, 3.05) is 0 Å². The normalized spacial score (nSPS) is 28.3. The van der Waals surface area contributed by atoms with Gasteiger partial charge < -0.3 is 4.74 Å². The van der Waals surface area contributed by atoms with E-state index in [2.05, 4.69) is 12.8 Å². The van der Waals surface area contributed by atoms with E-state index in [9.17, 15) is 0 Å². The van der Waals surface area contributed by atoms with Crippen molar-refractivity contribution >= 4 is 0 Å². The van der Waals surface area contributed by atoms with Crippen LogP contribution >= 0.6 is 0 Å². The van der Waals surface area contributed by atoms with Crippen LogP contribution in [0.3, 0.4) is 0 Å². The second-order valence-electron chi connectivity index (χ2n) is 3.84. The zero-order valence-electron chi connectivity index (χ0n) is 8.59. The molecule has 0 radical (unpaired) electrons. The molecule has 0 aromatic heterocycles. The van der Waals surface area contributed by atoms with Crippen LogP contribution in [0.5, 0.6) is 0 Å². The predicted molar refractivity (Wildman–Crippen MR) is 55.5 cm³/mol. The van der Waals surface area contributed by atoms with Gasteiger partial charge in [-0.1, -0.05) is 32.1 Å². The van der Waals surface area contributed by atoms with E-state index >= 15 is 0 Å². The summed E-state index contributed by atoms with van der Waals surface area (Å²) in [7, 11) is 0. The molecule has 0 bridgehead atoms. The highest BCUT2D eigenvalue weighted by Crippen LogP contribution is 2.22. The molecule has 0 saturated carbocycles. The van der Waals surface area contributed by atoms with E-state index in [0.717, 1.165) is 6.42 Å². The monoisotopic (exact) mass is 180 g/mol. The molecule has 2 atom stereocenters. The first-order valence-corrected chi connectivity index (χ1v) is 5.48. The predicted octanol–water partition coefficient (Wildman–Crippen LogP) is 3.14. The van der Waals surface area contributed by atoms with Gasteiger partial charge in [-0.25, -0.2) is 0 Å². The van der Waals surface area contributed by atoms with Gasteiger partial charge in [0.15, 0.2) is 0 Å². The molecule has 1 heteroatoms. The molecule has 1 aliphatic heterocycles. The summed E-state index contributed by atoms with van der Waals surface area (Å²) in [5, 5.41) is 0. The molecule has 1 fully saturated rings. The van der Waals surface area contributed by atoms with Gasteiger partial charge in [-0.05, 0) is 25.7 Å². The molecule has 13 heavy (non-hydrogen) atoms. The Morgan fingerprint density at radius 2 is 2.23 bits per heavy atom. The molecule has 1 heterocycles. The average Bonchev–Trinajstić information content (AvgIpc) is 2.19. The second kappa shape index (κ2) is 6.05. The van der Waals surface area contributed by atoms with Gasteiger partial charge in [0.05, 0.1) is 6.10 Å². The van der Waals surface area contributed by atoms with Crippen LogP contribution in [0.2, 0.25) is 0 Å². The largest absolute Gasteiger partial charge is 0.362 e. The number of unbranched alkanes of at least 4 members (excludes halogenated alkanes) is 2. The Morgan fingerprint density at radius 1 is 1.38 bits per heavy atom. The zero-order valence-corrected chi connectivity index (χ0v) is 8.59. The van der Waals surface area contributed by atoms with Gasteiger partial charge in [0.2, 0.25) is 0 Å². The van der Waals surface area contributed by atoms with Crippen LogP contribution < -0.4 is 0 Å². The minimum absolute atomic E-state index is 0.0976. The lowest BCUT2D eigenvalue weighted by Gasteiger charge is -2.27. The summed E-state index contributed by atoms with van der Waals surface area (Å²) in [6.07, 6.45) is 14.5. The highest BCUT2D eigenvalue weighted by atomic mass is 16.5. The average molecular weight is 180 g/mol. The van der Waals surface area contributed by atoms with E-state index in [1.54, 1.807) is 0 Å². The summed E-state index contributed by atoms with van der Waals surface area (Å²) >= 11 is 0. The Balaban J connectivity index is 2.15. The van der Waals surface area contributed by atoms with Crippen molar-refractivity contribution < 1.29 is 4.74 Å². The number of ether oxygens (including phenoxy) is 1. The van der Waals surface area contributed by atoms with Crippen molar-refractivity contribution in [3.05, 3.63) is 0 Å². The van der Waals surface area contributed by atoms with Crippen LogP contribution in [0.15, 0.2) is 0 Å². The van der Waals surface area contributed by atoms with Crippen molar-refractivity contribution in [2.45, 2.75) is 64.1 Å². The molecule has 1 rings (SSSR count). The molecule has 0 aromatic carbocycles. The summed E-state index contributed by atoms with van der Waals surface area (Å²) in [4.78, 5) is 0. The van der Waals surface area contributed by atoms with Gasteiger partial charge in [-0.2, -0.15) is 0 Å². The summed E-state index contributed by atoms with van der Waals surface area (Å²) in [6.45, 7) is 2.23. The minimum atomic E-state index is 0.0976. The lowest BCUT2D eigenvalue weighted by Crippen LogP contribution is -2.26. The SMILES string of the molecule is C#CC1CCCC(CCCCC)O1. The molecule has 1 nitrogen and oxygen atoms in total. The molecule has 2 unspecified atom stereocenters. The van der Waals surface area contributed by atoms with Crippen LogP contribution in [0.4, 0.5) is 0 Å². The Kier molecular flexibility index (Phi) is 4.93. The summed E-state index contributed by atoms with van der Waals surface area (Å²) < 4.78 is 5.75. The summed E-state index contributed by atoms with van der Waals surface area (Å²) in [5.41, 5.74) is 0. The molecule has 1 aliphatic rings. The van der Waals surface area contributed by atoms with Gasteiger partial charge in [0.1, 0.15) is 6.10 Å². The Morgan fingerprint density at radius 3 is 2.92 bits per heavy atom. The lowest BCUT2D eigenvalue weighted by atomic mass is 10.00. The third-order valence-corrected chi connectivity index (χ3v) is 2.66. The van der Waals surface area contributed by atoms with Crippen LogP contribution in [-0.4, -0.2) is 12.2 Å². The quantitative estimate of drug-likeness (QED) is 0.477. The maximum absolute atomic E-state index is 5.75. The number of hydrogen-bond donors (Lipinski definition) is 0. The van der Waals surface area contributed by atoms with E-state index in [0.29, 0.717) is 6.10 Å². The van der Waals surface area contributed by atoms with Crippen LogP contribution in [0, 0.1) is 12.3 Å². The van der Waals surface area contributed by atoms with E-state index in [1.807, 2.05) is 0 Å². The first-order valence-electron chi connectivity index (χ1n) is 5.48.